The van der Waals surface area contributed by atoms with E-state index in [-0.39, 0.29) is 17.6 Å². The molecule has 2 heterocycles. The summed E-state index contributed by atoms with van der Waals surface area (Å²) in [7, 11) is 1.68. The highest BCUT2D eigenvalue weighted by Gasteiger charge is 2.39. The maximum absolute atomic E-state index is 13.2. The Bertz CT molecular complexity index is 703. The third kappa shape index (κ3) is 3.24. The Labute approximate surface area is 137 Å². The molecule has 2 aromatic rings. The summed E-state index contributed by atoms with van der Waals surface area (Å²) < 4.78 is 13.2. The van der Waals surface area contributed by atoms with Crippen LogP contribution in [-0.4, -0.2) is 28.7 Å². The molecule has 0 saturated carbocycles. The number of benzene rings is 1. The molecule has 3 rings (SSSR count). The van der Waals surface area contributed by atoms with Crippen LogP contribution in [0, 0.1) is 11.7 Å². The van der Waals surface area contributed by atoms with Crippen molar-refractivity contribution in [1.82, 2.24) is 9.88 Å². The predicted molar refractivity (Wildman–Crippen MR) is 85.4 cm³/mol. The van der Waals surface area contributed by atoms with Crippen LogP contribution in [0.5, 0.6) is 0 Å². The van der Waals surface area contributed by atoms with Crippen LogP contribution in [0.4, 0.5) is 9.52 Å². The zero-order valence-corrected chi connectivity index (χ0v) is 13.3. The van der Waals surface area contributed by atoms with Gasteiger partial charge in [0.05, 0.1) is 12.0 Å². The van der Waals surface area contributed by atoms with Gasteiger partial charge >= 0.3 is 0 Å². The summed E-state index contributed by atoms with van der Waals surface area (Å²) in [5.41, 5.74) is 0.751. The molecule has 0 unspecified atom stereocenters. The molecule has 0 radical (unpaired) electrons. The number of rotatable bonds is 3. The van der Waals surface area contributed by atoms with Crippen LogP contribution in [0.25, 0.3) is 0 Å². The van der Waals surface area contributed by atoms with Crippen LogP contribution < -0.4 is 5.32 Å². The highest BCUT2D eigenvalue weighted by Crippen LogP contribution is 2.36. The Morgan fingerprint density at radius 3 is 2.78 bits per heavy atom. The van der Waals surface area contributed by atoms with Crippen molar-refractivity contribution in [3.8, 4) is 0 Å². The fraction of sp³-hybridized carbons (Fsp3) is 0.312. The Morgan fingerprint density at radius 2 is 2.13 bits per heavy atom. The lowest BCUT2D eigenvalue weighted by Crippen LogP contribution is -2.44. The first-order valence-electron chi connectivity index (χ1n) is 7.28. The van der Waals surface area contributed by atoms with Crippen molar-refractivity contribution in [3.63, 3.8) is 0 Å². The number of piperidine rings is 1. The summed E-state index contributed by atoms with van der Waals surface area (Å²) in [5.74, 6) is -0.930. The van der Waals surface area contributed by atoms with Gasteiger partial charge in [-0.3, -0.25) is 9.59 Å². The molecule has 2 amide bonds. The largest absolute Gasteiger partial charge is 0.338 e. The lowest BCUT2D eigenvalue weighted by molar-refractivity contribution is -0.140. The Balaban J connectivity index is 1.88. The maximum Gasteiger partial charge on any atom is 0.231 e. The molecule has 7 heteroatoms. The van der Waals surface area contributed by atoms with Gasteiger partial charge in [0.2, 0.25) is 11.8 Å². The molecule has 1 N–H and O–H groups in total. The standard InChI is InChI=1S/C16H16FN3O2S/c1-20-13(21)7-6-12(15(22)19-16-18-8-9-23-16)14(20)10-2-4-11(17)5-3-10/h2-5,8-9,12,14H,6-7H2,1H3,(H,18,19,22)/t12-,14+/m1/s1. The van der Waals surface area contributed by atoms with Crippen LogP contribution in [-0.2, 0) is 9.59 Å². The lowest BCUT2D eigenvalue weighted by atomic mass is 9.84. The van der Waals surface area contributed by atoms with Gasteiger partial charge in [-0.1, -0.05) is 12.1 Å². The molecular formula is C16H16FN3O2S. The van der Waals surface area contributed by atoms with E-state index >= 15 is 0 Å². The molecule has 1 saturated heterocycles. The number of amides is 2. The van der Waals surface area contributed by atoms with E-state index in [2.05, 4.69) is 10.3 Å². The van der Waals surface area contributed by atoms with E-state index in [1.54, 1.807) is 35.7 Å². The van der Waals surface area contributed by atoms with Crippen molar-refractivity contribution in [2.24, 2.45) is 5.92 Å². The zero-order valence-electron chi connectivity index (χ0n) is 12.5. The third-order valence-corrected chi connectivity index (χ3v) is 4.76. The number of nitrogens with one attached hydrogen (secondary N) is 1. The van der Waals surface area contributed by atoms with E-state index in [9.17, 15) is 14.0 Å². The summed E-state index contributed by atoms with van der Waals surface area (Å²) in [6, 6.07) is 5.53. The average Bonchev–Trinajstić information content (AvgIpc) is 3.04. The molecule has 0 aliphatic carbocycles. The van der Waals surface area contributed by atoms with Crippen LogP contribution in [0.2, 0.25) is 0 Å². The number of carbonyl (C=O) groups excluding carboxylic acids is 2. The van der Waals surface area contributed by atoms with E-state index < -0.39 is 12.0 Å². The maximum atomic E-state index is 13.2. The second kappa shape index (κ2) is 6.45. The number of halogens is 1. The average molecular weight is 333 g/mol. The van der Waals surface area contributed by atoms with E-state index in [0.717, 1.165) is 5.56 Å². The van der Waals surface area contributed by atoms with Crippen molar-refractivity contribution in [3.05, 3.63) is 47.2 Å². The summed E-state index contributed by atoms with van der Waals surface area (Å²) in [6.07, 6.45) is 2.40. The molecular weight excluding hydrogens is 317 g/mol. The first kappa shape index (κ1) is 15.6. The van der Waals surface area contributed by atoms with E-state index in [0.29, 0.717) is 18.0 Å². The number of hydrogen-bond donors (Lipinski definition) is 1. The van der Waals surface area contributed by atoms with Gasteiger partial charge in [0.25, 0.3) is 0 Å². The third-order valence-electron chi connectivity index (χ3n) is 4.07. The molecule has 23 heavy (non-hydrogen) atoms. The summed E-state index contributed by atoms with van der Waals surface area (Å²) in [5, 5.41) is 5.11. The molecule has 0 spiro atoms. The normalized spacial score (nSPS) is 21.3. The van der Waals surface area contributed by atoms with Gasteiger partial charge in [-0.25, -0.2) is 9.37 Å². The highest BCUT2D eigenvalue weighted by molar-refractivity contribution is 7.13. The van der Waals surface area contributed by atoms with Crippen molar-refractivity contribution in [2.45, 2.75) is 18.9 Å². The van der Waals surface area contributed by atoms with Crippen LogP contribution in [0.1, 0.15) is 24.4 Å². The molecule has 1 aliphatic heterocycles. The van der Waals surface area contributed by atoms with Gasteiger partial charge in [-0.2, -0.15) is 0 Å². The lowest BCUT2D eigenvalue weighted by Gasteiger charge is -2.38. The number of hydrogen-bond acceptors (Lipinski definition) is 4. The molecule has 5 nitrogen and oxygen atoms in total. The molecule has 2 atom stereocenters. The monoisotopic (exact) mass is 333 g/mol. The molecule has 1 aromatic carbocycles. The molecule has 120 valence electrons. The predicted octanol–water partition coefficient (Wildman–Crippen LogP) is 2.83. The summed E-state index contributed by atoms with van der Waals surface area (Å²) in [4.78, 5) is 30.3. The van der Waals surface area contributed by atoms with Gasteiger partial charge in [0.1, 0.15) is 5.82 Å². The topological polar surface area (TPSA) is 62.3 Å². The Kier molecular flexibility index (Phi) is 4.38. The SMILES string of the molecule is CN1C(=O)CC[C@@H](C(=O)Nc2nccs2)[C@@H]1c1ccc(F)cc1. The fourth-order valence-electron chi connectivity index (χ4n) is 2.91. The minimum atomic E-state index is -0.406. The van der Waals surface area contributed by atoms with Gasteiger partial charge < -0.3 is 10.2 Å². The van der Waals surface area contributed by atoms with Crippen molar-refractivity contribution in [2.75, 3.05) is 12.4 Å². The second-order valence-electron chi connectivity index (χ2n) is 5.47. The molecule has 1 aliphatic rings. The zero-order chi connectivity index (χ0) is 16.4. The summed E-state index contributed by atoms with van der Waals surface area (Å²) >= 11 is 1.34. The molecule has 1 aromatic heterocycles. The van der Waals surface area contributed by atoms with Crippen molar-refractivity contribution in [1.29, 1.82) is 0 Å². The quantitative estimate of drug-likeness (QED) is 0.939. The smallest absolute Gasteiger partial charge is 0.231 e. The first-order valence-corrected chi connectivity index (χ1v) is 8.15. The van der Waals surface area contributed by atoms with E-state index in [1.807, 2.05) is 0 Å². The number of thiazole rings is 1. The number of carbonyl (C=O) groups is 2. The second-order valence-corrected chi connectivity index (χ2v) is 6.37. The van der Waals surface area contributed by atoms with Crippen molar-refractivity contribution >= 4 is 28.3 Å². The highest BCUT2D eigenvalue weighted by atomic mass is 32.1. The minimum Gasteiger partial charge on any atom is -0.338 e. The number of aromatic nitrogens is 1. The van der Waals surface area contributed by atoms with Crippen LogP contribution in [0.15, 0.2) is 35.8 Å². The van der Waals surface area contributed by atoms with Gasteiger partial charge in [0.15, 0.2) is 5.13 Å². The summed E-state index contributed by atoms with van der Waals surface area (Å²) in [6.45, 7) is 0. The number of anilines is 1. The van der Waals surface area contributed by atoms with Crippen LogP contribution in [0.3, 0.4) is 0 Å². The van der Waals surface area contributed by atoms with E-state index in [1.165, 1.54) is 23.5 Å². The van der Waals surface area contributed by atoms with Gasteiger partial charge in [-0.15, -0.1) is 11.3 Å². The van der Waals surface area contributed by atoms with E-state index in [4.69, 9.17) is 0 Å². The molecule has 0 bridgehead atoms. The Morgan fingerprint density at radius 1 is 1.39 bits per heavy atom. The first-order chi connectivity index (χ1) is 11.1. The van der Waals surface area contributed by atoms with Gasteiger partial charge in [-0.05, 0) is 24.1 Å². The minimum absolute atomic E-state index is 0.0161. The van der Waals surface area contributed by atoms with Crippen LogP contribution >= 0.6 is 11.3 Å². The van der Waals surface area contributed by atoms with Crippen molar-refractivity contribution < 1.29 is 14.0 Å². The fourth-order valence-corrected chi connectivity index (χ4v) is 3.44. The Hall–Kier alpha value is -2.28. The number of nitrogens with zero attached hydrogens (tertiary/aromatic N) is 2. The number of likely N-dealkylation sites (tertiary alicyclic amines) is 1. The molecule has 1 fully saturated rings. The van der Waals surface area contributed by atoms with Gasteiger partial charge in [0, 0.05) is 25.0 Å².